The fourth-order valence-electron chi connectivity index (χ4n) is 8.36. The molecule has 0 aromatic carbocycles. The number of nitrogens with one attached hydrogen (secondary N) is 1. The molecule has 0 radical (unpaired) electrons. The zero-order chi connectivity index (χ0) is 39.5. The van der Waals surface area contributed by atoms with E-state index in [0.29, 0.717) is 39.0 Å². The van der Waals surface area contributed by atoms with Crippen molar-refractivity contribution in [3.63, 3.8) is 0 Å². The van der Waals surface area contributed by atoms with Gasteiger partial charge in [-0.05, 0) is 44.4 Å². The molecule has 17 heteroatoms. The van der Waals surface area contributed by atoms with Crippen LogP contribution in [0, 0.1) is 17.8 Å². The van der Waals surface area contributed by atoms with Crippen molar-refractivity contribution in [2.45, 2.75) is 171 Å². The van der Waals surface area contributed by atoms with Gasteiger partial charge in [0.2, 0.25) is 5.91 Å². The first-order valence-corrected chi connectivity index (χ1v) is 19.7. The SMILES string of the molecule is CCC1CC(C(=O)CCCOCCN)C[C@@H](O[C@@H]2O[C@@H](CO)[C@H](O)C(O[C@@H](CC3CCCCC3)C(=O)O)C2NC(C)=O)[C@@H]1O[C@@H]1OC(C)[C@@H](O)[C@H](O)C1O. The first-order chi connectivity index (χ1) is 25.8. The second-order valence-electron chi connectivity index (χ2n) is 15.4. The number of rotatable bonds is 19. The fourth-order valence-corrected chi connectivity index (χ4v) is 8.36. The number of ether oxygens (including phenoxy) is 6. The van der Waals surface area contributed by atoms with Crippen LogP contribution in [0.5, 0.6) is 0 Å². The highest BCUT2D eigenvalue weighted by Gasteiger charge is 2.52. The highest BCUT2D eigenvalue weighted by atomic mass is 16.7. The summed E-state index contributed by atoms with van der Waals surface area (Å²) in [5.41, 5.74) is 5.50. The number of carboxylic acid groups (broad SMARTS) is 1. The Labute approximate surface area is 317 Å². The molecule has 2 heterocycles. The van der Waals surface area contributed by atoms with Gasteiger partial charge in [0.05, 0.1) is 31.5 Å². The quantitative estimate of drug-likeness (QED) is 0.0786. The summed E-state index contributed by atoms with van der Waals surface area (Å²) >= 11 is 0. The van der Waals surface area contributed by atoms with Gasteiger partial charge in [-0.1, -0.05) is 45.4 Å². The van der Waals surface area contributed by atoms with E-state index in [4.69, 9.17) is 34.2 Å². The number of hydrogen-bond donors (Lipinski definition) is 8. The zero-order valence-electron chi connectivity index (χ0n) is 31.8. The number of carbonyl (C=O) groups is 3. The summed E-state index contributed by atoms with van der Waals surface area (Å²) in [5.74, 6) is -2.55. The third-order valence-corrected chi connectivity index (χ3v) is 11.4. The third-order valence-electron chi connectivity index (χ3n) is 11.4. The molecule has 0 bridgehead atoms. The second kappa shape index (κ2) is 21.6. The lowest BCUT2D eigenvalue weighted by molar-refractivity contribution is -0.338. The van der Waals surface area contributed by atoms with Crippen LogP contribution in [-0.4, -0.2) is 154 Å². The molecule has 17 nitrogen and oxygen atoms in total. The number of aliphatic carboxylic acids is 1. The lowest BCUT2D eigenvalue weighted by Gasteiger charge is -2.49. The van der Waals surface area contributed by atoms with Crippen LogP contribution in [0.2, 0.25) is 0 Å². The van der Waals surface area contributed by atoms with Gasteiger partial charge < -0.3 is 70.1 Å². The number of hydrogen-bond acceptors (Lipinski definition) is 15. The molecule has 0 spiro atoms. The van der Waals surface area contributed by atoms with Gasteiger partial charge >= 0.3 is 5.97 Å². The van der Waals surface area contributed by atoms with Crippen molar-refractivity contribution in [1.29, 1.82) is 0 Å². The van der Waals surface area contributed by atoms with E-state index in [-0.39, 0.29) is 36.9 Å². The molecule has 0 aromatic rings. The highest BCUT2D eigenvalue weighted by molar-refractivity contribution is 5.81. The van der Waals surface area contributed by atoms with E-state index >= 15 is 0 Å². The molecule has 54 heavy (non-hydrogen) atoms. The van der Waals surface area contributed by atoms with E-state index in [2.05, 4.69) is 5.32 Å². The summed E-state index contributed by atoms with van der Waals surface area (Å²) in [6.07, 6.45) is -9.03. The highest BCUT2D eigenvalue weighted by Crippen LogP contribution is 2.40. The number of aliphatic hydroxyl groups excluding tert-OH is 5. The van der Waals surface area contributed by atoms with Crippen molar-refractivity contribution in [2.24, 2.45) is 23.5 Å². The number of aliphatic hydroxyl groups is 5. The Morgan fingerprint density at radius 1 is 0.907 bits per heavy atom. The smallest absolute Gasteiger partial charge is 0.332 e. The number of amides is 1. The second-order valence-corrected chi connectivity index (χ2v) is 15.4. The van der Waals surface area contributed by atoms with Crippen molar-refractivity contribution in [2.75, 3.05) is 26.4 Å². The van der Waals surface area contributed by atoms with E-state index in [1.165, 1.54) is 13.8 Å². The lowest BCUT2D eigenvalue weighted by atomic mass is 9.74. The molecule has 6 unspecified atom stereocenters. The van der Waals surface area contributed by atoms with Crippen LogP contribution in [-0.2, 0) is 42.8 Å². The van der Waals surface area contributed by atoms with Gasteiger partial charge in [-0.3, -0.25) is 9.59 Å². The summed E-state index contributed by atoms with van der Waals surface area (Å²) < 4.78 is 36.5. The summed E-state index contributed by atoms with van der Waals surface area (Å²) in [5, 5.41) is 66.3. The predicted octanol–water partition coefficient (Wildman–Crippen LogP) is -0.263. The van der Waals surface area contributed by atoms with Crippen LogP contribution in [0.15, 0.2) is 0 Å². The molecular weight excluding hydrogens is 712 g/mol. The molecule has 2 aliphatic carbocycles. The molecule has 1 amide bonds. The summed E-state index contributed by atoms with van der Waals surface area (Å²) in [6.45, 7) is 5.09. The number of nitrogens with two attached hydrogens (primary N) is 1. The third kappa shape index (κ3) is 11.8. The van der Waals surface area contributed by atoms with Gasteiger partial charge in [-0.2, -0.15) is 0 Å². The summed E-state index contributed by atoms with van der Waals surface area (Å²) in [6, 6.07) is -1.27. The van der Waals surface area contributed by atoms with E-state index in [1.807, 2.05) is 6.92 Å². The molecule has 0 aromatic heterocycles. The first kappa shape index (κ1) is 44.8. The number of Topliss-reactive ketones (excluding diaryl/α,β-unsaturated/α-hetero) is 1. The molecule has 2 aliphatic heterocycles. The van der Waals surface area contributed by atoms with Crippen LogP contribution in [0.25, 0.3) is 0 Å². The zero-order valence-corrected chi connectivity index (χ0v) is 31.8. The summed E-state index contributed by atoms with van der Waals surface area (Å²) in [4.78, 5) is 38.8. The molecule has 9 N–H and O–H groups in total. The van der Waals surface area contributed by atoms with E-state index < -0.39 is 104 Å². The van der Waals surface area contributed by atoms with Gasteiger partial charge in [0, 0.05) is 32.4 Å². The fraction of sp³-hybridized carbons (Fsp3) is 0.919. The van der Waals surface area contributed by atoms with Crippen molar-refractivity contribution >= 4 is 17.7 Å². The summed E-state index contributed by atoms with van der Waals surface area (Å²) in [7, 11) is 0. The maximum Gasteiger partial charge on any atom is 0.332 e. The molecular formula is C37H64N2O15. The minimum atomic E-state index is -1.62. The van der Waals surface area contributed by atoms with Gasteiger partial charge in [0.25, 0.3) is 0 Å². The average Bonchev–Trinajstić information content (AvgIpc) is 3.15. The Morgan fingerprint density at radius 2 is 1.63 bits per heavy atom. The van der Waals surface area contributed by atoms with Crippen LogP contribution >= 0.6 is 0 Å². The monoisotopic (exact) mass is 776 g/mol. The topological polar surface area (TPSA) is 266 Å². The van der Waals surface area contributed by atoms with Crippen LogP contribution in [0.4, 0.5) is 0 Å². The Hall–Kier alpha value is -1.87. The molecule has 4 rings (SSSR count). The number of ketones is 1. The van der Waals surface area contributed by atoms with E-state index in [1.54, 1.807) is 0 Å². The Kier molecular flexibility index (Phi) is 17.9. The van der Waals surface area contributed by atoms with Crippen LogP contribution < -0.4 is 11.1 Å². The van der Waals surface area contributed by atoms with Gasteiger partial charge in [-0.15, -0.1) is 0 Å². The maximum atomic E-state index is 13.6. The van der Waals surface area contributed by atoms with Crippen molar-refractivity contribution in [1.82, 2.24) is 5.32 Å². The lowest BCUT2D eigenvalue weighted by Crippen LogP contribution is -2.67. The molecule has 4 fully saturated rings. The molecule has 15 atom stereocenters. The van der Waals surface area contributed by atoms with E-state index in [0.717, 1.165) is 32.1 Å². The Bertz CT molecular complexity index is 1180. The standard InChI is InChI=1S/C37H64N2O15/c1-4-22-16-23(24(42)11-8-13-49-14-12-38)17-25(33(22)54-37-32(46)31(45)29(43)19(2)50-37)52-36-28(39-20(3)41)34(30(44)27(18-40)53-36)51-26(35(47)48)15-21-9-6-5-7-10-21/h19,21-23,25-34,36-37,40,43-46H,4-18,38H2,1-3H3,(H,39,41)(H,47,48)/t19?,22?,23?,25-,26+,27+,28?,29-,30+,31+,32?,33-,34?,36-,37+/m1/s1. The van der Waals surface area contributed by atoms with Gasteiger partial charge in [-0.25, -0.2) is 4.79 Å². The van der Waals surface area contributed by atoms with E-state index in [9.17, 15) is 45.0 Å². The van der Waals surface area contributed by atoms with Gasteiger partial charge in [0.15, 0.2) is 18.7 Å². The largest absolute Gasteiger partial charge is 0.479 e. The van der Waals surface area contributed by atoms with Crippen LogP contribution in [0.1, 0.15) is 91.4 Å². The predicted molar refractivity (Wildman–Crippen MR) is 190 cm³/mol. The number of carboxylic acids is 1. The van der Waals surface area contributed by atoms with Crippen molar-refractivity contribution in [3.8, 4) is 0 Å². The molecule has 2 saturated heterocycles. The minimum Gasteiger partial charge on any atom is -0.479 e. The molecule has 4 aliphatic rings. The first-order valence-electron chi connectivity index (χ1n) is 19.7. The van der Waals surface area contributed by atoms with Crippen molar-refractivity contribution in [3.05, 3.63) is 0 Å². The van der Waals surface area contributed by atoms with Gasteiger partial charge in [0.1, 0.15) is 48.4 Å². The van der Waals surface area contributed by atoms with Crippen LogP contribution in [0.3, 0.4) is 0 Å². The van der Waals surface area contributed by atoms with Crippen molar-refractivity contribution < 1.29 is 73.4 Å². The molecule has 312 valence electrons. The normalized spacial score (nSPS) is 38.5. The Balaban J connectivity index is 1.64. The number of carbonyl (C=O) groups excluding carboxylic acids is 2. The molecule has 2 saturated carbocycles. The Morgan fingerprint density at radius 3 is 2.26 bits per heavy atom. The maximum absolute atomic E-state index is 13.6. The minimum absolute atomic E-state index is 0.0298. The average molecular weight is 777 g/mol.